The maximum Gasteiger partial charge on any atom is 0.0753 e. The predicted molar refractivity (Wildman–Crippen MR) is 76.0 cm³/mol. The number of nitrogens with one attached hydrogen (secondary N) is 1. The molecule has 1 aliphatic heterocycles. The summed E-state index contributed by atoms with van der Waals surface area (Å²) in [6.45, 7) is 11.1. The number of anilines is 1. The molecule has 18 heavy (non-hydrogen) atoms. The molecule has 0 spiro atoms. The van der Waals surface area contributed by atoms with Crippen molar-refractivity contribution in [2.45, 2.75) is 46.2 Å². The lowest BCUT2D eigenvalue weighted by Gasteiger charge is -2.28. The molecule has 0 bridgehead atoms. The molecule has 1 saturated heterocycles. The van der Waals surface area contributed by atoms with Crippen molar-refractivity contribution in [3.8, 4) is 0 Å². The minimum Gasteiger partial charge on any atom is -0.367 e. The Morgan fingerprint density at radius 3 is 3.00 bits per heavy atom. The van der Waals surface area contributed by atoms with Crippen molar-refractivity contribution < 1.29 is 0 Å². The summed E-state index contributed by atoms with van der Waals surface area (Å²) >= 11 is 0. The van der Waals surface area contributed by atoms with Crippen LogP contribution in [0.3, 0.4) is 0 Å². The molecular weight excluding hydrogens is 224 g/mol. The van der Waals surface area contributed by atoms with E-state index in [1.54, 1.807) is 0 Å². The Kier molecular flexibility index (Phi) is 4.64. The Labute approximate surface area is 110 Å². The van der Waals surface area contributed by atoms with E-state index >= 15 is 0 Å². The molecule has 4 heteroatoms. The van der Waals surface area contributed by atoms with Crippen LogP contribution in [0.2, 0.25) is 0 Å². The second kappa shape index (κ2) is 6.23. The van der Waals surface area contributed by atoms with Crippen LogP contribution in [-0.4, -0.2) is 35.5 Å². The average Bonchev–Trinajstić information content (AvgIpc) is 2.75. The van der Waals surface area contributed by atoms with E-state index in [9.17, 15) is 0 Å². The third-order valence-electron chi connectivity index (χ3n) is 4.07. The number of nitrogens with zero attached hydrogens (tertiary/aromatic N) is 3. The van der Waals surface area contributed by atoms with Crippen molar-refractivity contribution in [1.82, 2.24) is 15.1 Å². The van der Waals surface area contributed by atoms with E-state index in [4.69, 9.17) is 0 Å². The molecule has 0 aliphatic carbocycles. The smallest absolute Gasteiger partial charge is 0.0753 e. The van der Waals surface area contributed by atoms with Crippen LogP contribution in [0, 0.1) is 5.92 Å². The van der Waals surface area contributed by atoms with Gasteiger partial charge in [-0.3, -0.25) is 4.68 Å². The van der Waals surface area contributed by atoms with Crippen molar-refractivity contribution in [3.63, 3.8) is 0 Å². The lowest BCUT2D eigenvalue weighted by atomic mass is 9.99. The first-order valence-electron chi connectivity index (χ1n) is 7.25. The Hall–Kier alpha value is -1.03. The van der Waals surface area contributed by atoms with Crippen molar-refractivity contribution in [2.75, 3.05) is 24.5 Å². The van der Waals surface area contributed by atoms with E-state index in [-0.39, 0.29) is 0 Å². The lowest BCUT2D eigenvalue weighted by Crippen LogP contribution is -2.42. The number of rotatable bonds is 4. The summed E-state index contributed by atoms with van der Waals surface area (Å²) in [4.78, 5) is 2.48. The number of aryl methyl sites for hydroxylation is 1. The van der Waals surface area contributed by atoms with Crippen molar-refractivity contribution in [1.29, 1.82) is 0 Å². The first-order valence-corrected chi connectivity index (χ1v) is 7.25. The number of hydrogen-bond donors (Lipinski definition) is 1. The van der Waals surface area contributed by atoms with E-state index in [1.807, 2.05) is 10.9 Å². The highest BCUT2D eigenvalue weighted by Crippen LogP contribution is 2.18. The van der Waals surface area contributed by atoms with Gasteiger partial charge in [-0.25, -0.2) is 0 Å². The van der Waals surface area contributed by atoms with E-state index in [1.165, 1.54) is 18.5 Å². The van der Waals surface area contributed by atoms with Crippen LogP contribution in [0.25, 0.3) is 0 Å². The monoisotopic (exact) mass is 250 g/mol. The third kappa shape index (κ3) is 3.05. The molecule has 102 valence electrons. The zero-order chi connectivity index (χ0) is 13.0. The van der Waals surface area contributed by atoms with Gasteiger partial charge in [-0.05, 0) is 25.8 Å². The van der Waals surface area contributed by atoms with Crippen molar-refractivity contribution >= 4 is 5.69 Å². The van der Waals surface area contributed by atoms with Crippen LogP contribution in [0.5, 0.6) is 0 Å². The molecule has 2 unspecified atom stereocenters. The molecule has 1 N–H and O–H groups in total. The zero-order valence-electron chi connectivity index (χ0n) is 11.9. The maximum absolute atomic E-state index is 4.39. The van der Waals surface area contributed by atoms with Crippen LogP contribution < -0.4 is 10.2 Å². The standard InChI is InChI=1S/C14H26N4/c1-4-12(3)14-11-17(8-6-7-15-14)13-9-16-18(5-2)10-13/h9-10,12,14-15H,4-8,11H2,1-3H3. The van der Waals surface area contributed by atoms with Gasteiger partial charge in [0.05, 0.1) is 11.9 Å². The Morgan fingerprint density at radius 2 is 2.33 bits per heavy atom. The summed E-state index contributed by atoms with van der Waals surface area (Å²) in [7, 11) is 0. The maximum atomic E-state index is 4.39. The minimum atomic E-state index is 0.600. The molecule has 0 aromatic carbocycles. The van der Waals surface area contributed by atoms with Crippen LogP contribution in [-0.2, 0) is 6.54 Å². The van der Waals surface area contributed by atoms with Crippen LogP contribution in [0.4, 0.5) is 5.69 Å². The number of hydrogen-bond acceptors (Lipinski definition) is 3. The average molecular weight is 250 g/mol. The normalized spacial score (nSPS) is 22.8. The molecule has 4 nitrogen and oxygen atoms in total. The Bertz CT molecular complexity index is 360. The molecular formula is C14H26N4. The van der Waals surface area contributed by atoms with E-state index < -0.39 is 0 Å². The van der Waals surface area contributed by atoms with Gasteiger partial charge in [0.15, 0.2) is 0 Å². The fourth-order valence-electron chi connectivity index (χ4n) is 2.54. The van der Waals surface area contributed by atoms with E-state index in [0.29, 0.717) is 6.04 Å². The largest absolute Gasteiger partial charge is 0.367 e. The van der Waals surface area contributed by atoms with Gasteiger partial charge in [-0.1, -0.05) is 20.3 Å². The number of aromatic nitrogens is 2. The van der Waals surface area contributed by atoms with Gasteiger partial charge >= 0.3 is 0 Å². The molecule has 0 radical (unpaired) electrons. The molecule has 2 atom stereocenters. The molecule has 1 aromatic rings. The van der Waals surface area contributed by atoms with Crippen LogP contribution >= 0.6 is 0 Å². The Morgan fingerprint density at radius 1 is 1.50 bits per heavy atom. The molecule has 1 fully saturated rings. The predicted octanol–water partition coefficient (Wildman–Crippen LogP) is 2.12. The molecule has 2 rings (SSSR count). The highest BCUT2D eigenvalue weighted by atomic mass is 15.3. The van der Waals surface area contributed by atoms with Crippen LogP contribution in [0.1, 0.15) is 33.6 Å². The first-order chi connectivity index (χ1) is 8.74. The topological polar surface area (TPSA) is 33.1 Å². The summed E-state index contributed by atoms with van der Waals surface area (Å²) < 4.78 is 2.01. The van der Waals surface area contributed by atoms with Gasteiger partial charge in [0, 0.05) is 31.9 Å². The quantitative estimate of drug-likeness (QED) is 0.888. The zero-order valence-corrected chi connectivity index (χ0v) is 11.9. The molecule has 1 aliphatic rings. The summed E-state index contributed by atoms with van der Waals surface area (Å²) in [5.74, 6) is 0.729. The summed E-state index contributed by atoms with van der Waals surface area (Å²) in [5.41, 5.74) is 1.27. The van der Waals surface area contributed by atoms with Crippen LogP contribution in [0.15, 0.2) is 12.4 Å². The molecule has 2 heterocycles. The van der Waals surface area contributed by atoms with Gasteiger partial charge in [-0.2, -0.15) is 5.10 Å². The second-order valence-electron chi connectivity index (χ2n) is 5.30. The minimum absolute atomic E-state index is 0.600. The summed E-state index contributed by atoms with van der Waals surface area (Å²) in [6.07, 6.45) is 6.62. The first kappa shape index (κ1) is 13.4. The van der Waals surface area contributed by atoms with Gasteiger partial charge < -0.3 is 10.2 Å². The van der Waals surface area contributed by atoms with Gasteiger partial charge in [0.1, 0.15) is 0 Å². The third-order valence-corrected chi connectivity index (χ3v) is 4.07. The summed E-state index contributed by atoms with van der Waals surface area (Å²) in [5, 5.41) is 8.07. The fraction of sp³-hybridized carbons (Fsp3) is 0.786. The van der Waals surface area contributed by atoms with E-state index in [0.717, 1.165) is 32.1 Å². The summed E-state index contributed by atoms with van der Waals surface area (Å²) in [6, 6.07) is 0.600. The lowest BCUT2D eigenvalue weighted by molar-refractivity contribution is 0.384. The molecule has 0 amide bonds. The Balaban J connectivity index is 2.06. The van der Waals surface area contributed by atoms with Gasteiger partial charge in [0.2, 0.25) is 0 Å². The molecule has 0 saturated carbocycles. The highest BCUT2D eigenvalue weighted by molar-refractivity contribution is 5.42. The van der Waals surface area contributed by atoms with Gasteiger partial charge in [-0.15, -0.1) is 0 Å². The second-order valence-corrected chi connectivity index (χ2v) is 5.30. The van der Waals surface area contributed by atoms with E-state index in [2.05, 4.69) is 42.3 Å². The fourth-order valence-corrected chi connectivity index (χ4v) is 2.54. The molecule has 1 aromatic heterocycles. The van der Waals surface area contributed by atoms with Crippen molar-refractivity contribution in [3.05, 3.63) is 12.4 Å². The van der Waals surface area contributed by atoms with Gasteiger partial charge in [0.25, 0.3) is 0 Å². The SMILES string of the molecule is CCC(C)C1CN(c2cnn(CC)c2)CCCN1. The van der Waals surface area contributed by atoms with Crippen molar-refractivity contribution in [2.24, 2.45) is 5.92 Å². The highest BCUT2D eigenvalue weighted by Gasteiger charge is 2.22.